The molecule has 0 aliphatic carbocycles. The van der Waals surface area contributed by atoms with Crippen LogP contribution < -0.4 is 0 Å². The molecular formula is C20H38O11Si. The van der Waals surface area contributed by atoms with Gasteiger partial charge in [0.15, 0.2) is 12.6 Å². The van der Waals surface area contributed by atoms with Crippen molar-refractivity contribution in [3.63, 3.8) is 0 Å². The lowest BCUT2D eigenvalue weighted by molar-refractivity contribution is -0.360. The van der Waals surface area contributed by atoms with Gasteiger partial charge in [0.05, 0.1) is 27.9 Å². The van der Waals surface area contributed by atoms with Gasteiger partial charge in [0.25, 0.3) is 0 Å². The Hall–Kier alpha value is -0.483. The minimum absolute atomic E-state index is 0.0226. The molecule has 188 valence electrons. The highest BCUT2D eigenvalue weighted by molar-refractivity contribution is 6.77. The zero-order chi connectivity index (χ0) is 24.2. The highest BCUT2D eigenvalue weighted by Crippen LogP contribution is 2.31. The van der Waals surface area contributed by atoms with Gasteiger partial charge in [0, 0.05) is 5.73 Å². The lowest BCUT2D eigenvalue weighted by atomic mass is 9.96. The Morgan fingerprint density at radius 2 is 1.53 bits per heavy atom. The predicted molar refractivity (Wildman–Crippen MR) is 114 cm³/mol. The second-order valence-corrected chi connectivity index (χ2v) is 14.8. The standard InChI is InChI=1S/C20H38O11Si/c1-6-7-27-17-13(23)11(8-21)30-20(15(17)25)31-16-12(9-22)29-19(26)18(14(16)24)28-10(2)32(3,4)5/h6,10-26H,1,7-9H2,2-5H3/t10?,11-,12-,13+,14+,15-,16+,17+,18-,19-,20-/m1/s1. The van der Waals surface area contributed by atoms with E-state index in [-0.39, 0.29) is 12.3 Å². The van der Waals surface area contributed by atoms with E-state index in [4.69, 9.17) is 23.7 Å². The normalized spacial score (nSPS) is 41.9. The number of aliphatic hydroxyl groups is 6. The molecule has 12 heteroatoms. The minimum atomic E-state index is -1.78. The van der Waals surface area contributed by atoms with E-state index in [9.17, 15) is 30.6 Å². The van der Waals surface area contributed by atoms with Gasteiger partial charge < -0.3 is 54.3 Å². The Morgan fingerprint density at radius 1 is 0.906 bits per heavy atom. The smallest absolute Gasteiger partial charge is 0.187 e. The first-order chi connectivity index (χ1) is 15.0. The first-order valence-corrected chi connectivity index (χ1v) is 14.3. The Bertz CT molecular complexity index is 588. The fourth-order valence-electron chi connectivity index (χ4n) is 3.51. The topological polar surface area (TPSA) is 168 Å². The summed E-state index contributed by atoms with van der Waals surface area (Å²) in [7, 11) is -1.78. The molecule has 0 aromatic carbocycles. The molecule has 11 atom stereocenters. The maximum absolute atomic E-state index is 10.9. The van der Waals surface area contributed by atoms with Crippen LogP contribution in [0.4, 0.5) is 0 Å². The van der Waals surface area contributed by atoms with Crippen LogP contribution in [0.1, 0.15) is 6.92 Å². The monoisotopic (exact) mass is 482 g/mol. The summed E-state index contributed by atoms with van der Waals surface area (Å²) in [5.74, 6) is 0. The third-order valence-corrected chi connectivity index (χ3v) is 8.49. The molecule has 0 amide bonds. The van der Waals surface area contributed by atoms with Gasteiger partial charge in [-0.25, -0.2) is 0 Å². The Kier molecular flexibility index (Phi) is 10.2. The van der Waals surface area contributed by atoms with Crippen LogP contribution in [0.15, 0.2) is 12.7 Å². The molecule has 6 N–H and O–H groups in total. The molecule has 0 spiro atoms. The third-order valence-electron chi connectivity index (χ3n) is 5.92. The highest BCUT2D eigenvalue weighted by Gasteiger charge is 2.52. The van der Waals surface area contributed by atoms with Crippen molar-refractivity contribution < 1.29 is 54.3 Å². The summed E-state index contributed by atoms with van der Waals surface area (Å²) in [4.78, 5) is 0. The van der Waals surface area contributed by atoms with E-state index < -0.39 is 82.7 Å². The largest absolute Gasteiger partial charge is 0.394 e. The second-order valence-electron chi connectivity index (χ2n) is 9.24. The van der Waals surface area contributed by atoms with Crippen molar-refractivity contribution in [3.05, 3.63) is 12.7 Å². The van der Waals surface area contributed by atoms with E-state index >= 15 is 0 Å². The lowest BCUT2D eigenvalue weighted by Gasteiger charge is -2.47. The van der Waals surface area contributed by atoms with Crippen molar-refractivity contribution in [3.8, 4) is 0 Å². The molecular weight excluding hydrogens is 444 g/mol. The molecule has 2 saturated heterocycles. The van der Waals surface area contributed by atoms with Crippen LogP contribution in [0, 0.1) is 0 Å². The molecule has 1 unspecified atom stereocenters. The summed E-state index contributed by atoms with van der Waals surface area (Å²) in [6.07, 6.45) is -11.6. The van der Waals surface area contributed by atoms with E-state index in [1.165, 1.54) is 6.08 Å². The molecule has 2 heterocycles. The minimum Gasteiger partial charge on any atom is -0.394 e. The predicted octanol–water partition coefficient (Wildman–Crippen LogP) is -1.90. The van der Waals surface area contributed by atoms with Gasteiger partial charge in [-0.15, -0.1) is 6.58 Å². The molecule has 32 heavy (non-hydrogen) atoms. The van der Waals surface area contributed by atoms with E-state index in [2.05, 4.69) is 26.2 Å². The first kappa shape index (κ1) is 27.8. The molecule has 11 nitrogen and oxygen atoms in total. The third kappa shape index (κ3) is 6.34. The molecule has 2 fully saturated rings. The quantitative estimate of drug-likeness (QED) is 0.152. The molecule has 0 aromatic heterocycles. The molecule has 0 saturated carbocycles. The van der Waals surface area contributed by atoms with Crippen molar-refractivity contribution >= 4 is 8.07 Å². The zero-order valence-corrected chi connectivity index (χ0v) is 20.0. The fraction of sp³-hybridized carbons (Fsp3) is 0.900. The Labute approximate surface area is 189 Å². The summed E-state index contributed by atoms with van der Waals surface area (Å²) < 4.78 is 28.0. The SMILES string of the molecule is C=CCO[C@H]1[C@@H](O)[C@@H](CO)O[C@H](O[C@@H]2[C@H](O)[C@@H](OC(C)[Si](C)(C)C)[C@H](O)O[C@@H]2CO)[C@@H]1O. The summed E-state index contributed by atoms with van der Waals surface area (Å²) in [6.45, 7) is 10.4. The van der Waals surface area contributed by atoms with Gasteiger partial charge in [-0.2, -0.15) is 0 Å². The van der Waals surface area contributed by atoms with Crippen LogP contribution in [0.2, 0.25) is 19.6 Å². The number of ether oxygens (including phenoxy) is 5. The van der Waals surface area contributed by atoms with Crippen LogP contribution in [0.25, 0.3) is 0 Å². The van der Waals surface area contributed by atoms with E-state index in [0.717, 1.165) is 0 Å². The Morgan fingerprint density at radius 3 is 2.06 bits per heavy atom. The summed E-state index contributed by atoms with van der Waals surface area (Å²) >= 11 is 0. The van der Waals surface area contributed by atoms with E-state index in [1.54, 1.807) is 0 Å². The van der Waals surface area contributed by atoms with Crippen molar-refractivity contribution in [2.75, 3.05) is 19.8 Å². The van der Waals surface area contributed by atoms with E-state index in [1.807, 2.05) is 6.92 Å². The first-order valence-electron chi connectivity index (χ1n) is 10.7. The van der Waals surface area contributed by atoms with Crippen LogP contribution in [-0.2, 0) is 23.7 Å². The maximum atomic E-state index is 10.9. The highest BCUT2D eigenvalue weighted by atomic mass is 28.3. The summed E-state index contributed by atoms with van der Waals surface area (Å²) in [5.41, 5.74) is -0.242. The van der Waals surface area contributed by atoms with Gasteiger partial charge in [-0.3, -0.25) is 0 Å². The molecule has 0 radical (unpaired) electrons. The number of aliphatic hydroxyl groups excluding tert-OH is 6. The lowest BCUT2D eigenvalue weighted by Crippen LogP contribution is -2.65. The summed E-state index contributed by atoms with van der Waals surface area (Å²) in [5, 5.41) is 61.6. The van der Waals surface area contributed by atoms with Crippen LogP contribution in [0.5, 0.6) is 0 Å². The van der Waals surface area contributed by atoms with Gasteiger partial charge in [-0.05, 0) is 6.92 Å². The maximum Gasteiger partial charge on any atom is 0.187 e. The molecule has 2 aliphatic rings. The molecule has 0 aromatic rings. The van der Waals surface area contributed by atoms with Gasteiger partial charge in [0.1, 0.15) is 48.8 Å². The average molecular weight is 483 g/mol. The van der Waals surface area contributed by atoms with Crippen molar-refractivity contribution in [2.24, 2.45) is 0 Å². The van der Waals surface area contributed by atoms with Crippen molar-refractivity contribution in [1.82, 2.24) is 0 Å². The Balaban J connectivity index is 2.21. The second kappa shape index (κ2) is 11.8. The number of rotatable bonds is 10. The number of hydrogen-bond acceptors (Lipinski definition) is 11. The zero-order valence-electron chi connectivity index (χ0n) is 19.0. The molecule has 2 rings (SSSR count). The average Bonchev–Trinajstić information content (AvgIpc) is 2.73. The fourth-order valence-corrected chi connectivity index (χ4v) is 4.07. The van der Waals surface area contributed by atoms with Gasteiger partial charge in [0.2, 0.25) is 0 Å². The number of hydrogen-bond donors (Lipinski definition) is 6. The van der Waals surface area contributed by atoms with Crippen LogP contribution in [-0.4, -0.2) is 126 Å². The van der Waals surface area contributed by atoms with Crippen LogP contribution in [0.3, 0.4) is 0 Å². The summed E-state index contributed by atoms with van der Waals surface area (Å²) in [6, 6.07) is 0. The van der Waals surface area contributed by atoms with Crippen molar-refractivity contribution in [2.45, 2.75) is 93.7 Å². The van der Waals surface area contributed by atoms with E-state index in [0.29, 0.717) is 0 Å². The van der Waals surface area contributed by atoms with Crippen LogP contribution >= 0.6 is 0 Å². The van der Waals surface area contributed by atoms with Crippen molar-refractivity contribution in [1.29, 1.82) is 0 Å². The molecule has 0 bridgehead atoms. The van der Waals surface area contributed by atoms with Gasteiger partial charge >= 0.3 is 0 Å². The van der Waals surface area contributed by atoms with Gasteiger partial charge in [-0.1, -0.05) is 25.7 Å². The molecule has 2 aliphatic heterocycles.